The highest BCUT2D eigenvalue weighted by Gasteiger charge is 2.56. The van der Waals surface area contributed by atoms with Gasteiger partial charge in [0.05, 0.1) is 6.61 Å². The van der Waals surface area contributed by atoms with Gasteiger partial charge in [-0.25, -0.2) is 4.98 Å². The Balaban J connectivity index is 1.89. The van der Waals surface area contributed by atoms with Crippen LogP contribution in [0.2, 0.25) is 0 Å². The van der Waals surface area contributed by atoms with Gasteiger partial charge in [-0.2, -0.15) is 0 Å². The molecule has 2 fully saturated rings. The normalized spacial score (nSPS) is 34.2. The molecule has 0 aliphatic carbocycles. The van der Waals surface area contributed by atoms with E-state index in [1.54, 1.807) is 12.4 Å². The Morgan fingerprint density at radius 3 is 3.06 bits per heavy atom. The van der Waals surface area contributed by atoms with Gasteiger partial charge in [0, 0.05) is 29.9 Å². The van der Waals surface area contributed by atoms with Crippen LogP contribution in [0, 0.1) is 5.41 Å². The first-order valence-electron chi connectivity index (χ1n) is 6.65. The van der Waals surface area contributed by atoms with Crippen molar-refractivity contribution >= 4 is 5.91 Å². The van der Waals surface area contributed by atoms with Crippen LogP contribution >= 0.6 is 0 Å². The van der Waals surface area contributed by atoms with Crippen molar-refractivity contribution in [2.24, 2.45) is 5.41 Å². The van der Waals surface area contributed by atoms with E-state index in [0.717, 1.165) is 25.7 Å². The molecule has 0 aromatic carbocycles. The van der Waals surface area contributed by atoms with Crippen LogP contribution in [0.4, 0.5) is 0 Å². The zero-order valence-corrected chi connectivity index (χ0v) is 10.6. The summed E-state index contributed by atoms with van der Waals surface area (Å²) in [5, 5.41) is 9.71. The standard InChI is InChI=1S/C13H19N3O2/c1-2-13(8-17)7-9-3-4-10(13)16(9)12(18)11-14-5-6-15-11/h5-6,9-10,17H,2-4,7-8H2,1H3,(H,14,15)/t9-,10+,13-/m1/s1. The third kappa shape index (κ3) is 1.43. The van der Waals surface area contributed by atoms with E-state index >= 15 is 0 Å². The lowest BCUT2D eigenvalue weighted by molar-refractivity contribution is 0.0549. The molecule has 1 aromatic rings. The van der Waals surface area contributed by atoms with Crippen molar-refractivity contribution in [2.45, 2.75) is 44.7 Å². The molecule has 0 unspecified atom stereocenters. The monoisotopic (exact) mass is 249 g/mol. The highest BCUT2D eigenvalue weighted by molar-refractivity contribution is 5.91. The third-order valence-electron chi connectivity index (χ3n) is 4.81. The molecule has 0 radical (unpaired) electrons. The number of rotatable bonds is 3. The van der Waals surface area contributed by atoms with Gasteiger partial charge in [0.2, 0.25) is 0 Å². The Bertz CT molecular complexity index is 439. The predicted octanol–water partition coefficient (Wildman–Crippen LogP) is 1.18. The minimum atomic E-state index is -0.0921. The summed E-state index contributed by atoms with van der Waals surface area (Å²) in [7, 11) is 0. The van der Waals surface area contributed by atoms with Crippen molar-refractivity contribution in [3.63, 3.8) is 0 Å². The summed E-state index contributed by atoms with van der Waals surface area (Å²) in [6.07, 6.45) is 7.18. The Morgan fingerprint density at radius 1 is 1.67 bits per heavy atom. The number of carbonyl (C=O) groups is 1. The second-order valence-corrected chi connectivity index (χ2v) is 5.48. The van der Waals surface area contributed by atoms with Gasteiger partial charge in [0.1, 0.15) is 0 Å². The molecule has 1 amide bonds. The summed E-state index contributed by atoms with van der Waals surface area (Å²) < 4.78 is 0. The van der Waals surface area contributed by atoms with Crippen molar-refractivity contribution in [3.8, 4) is 0 Å². The van der Waals surface area contributed by atoms with E-state index in [-0.39, 0.29) is 30.0 Å². The topological polar surface area (TPSA) is 69.2 Å². The van der Waals surface area contributed by atoms with Crippen molar-refractivity contribution in [3.05, 3.63) is 18.2 Å². The zero-order valence-electron chi connectivity index (χ0n) is 10.6. The minimum Gasteiger partial charge on any atom is -0.396 e. The first-order chi connectivity index (χ1) is 8.72. The van der Waals surface area contributed by atoms with Gasteiger partial charge in [-0.1, -0.05) is 6.92 Å². The first-order valence-corrected chi connectivity index (χ1v) is 6.65. The summed E-state index contributed by atoms with van der Waals surface area (Å²) in [5.41, 5.74) is -0.0921. The van der Waals surface area contributed by atoms with Crippen LogP contribution in [-0.4, -0.2) is 44.6 Å². The number of aromatic nitrogens is 2. The van der Waals surface area contributed by atoms with E-state index in [9.17, 15) is 9.90 Å². The maximum atomic E-state index is 12.4. The number of hydrogen-bond acceptors (Lipinski definition) is 3. The number of aliphatic hydroxyl groups excluding tert-OH is 1. The molecule has 2 aliphatic heterocycles. The number of aromatic amines is 1. The number of aliphatic hydroxyl groups is 1. The van der Waals surface area contributed by atoms with E-state index in [0.29, 0.717) is 5.82 Å². The number of hydrogen-bond donors (Lipinski definition) is 2. The van der Waals surface area contributed by atoms with Crippen molar-refractivity contribution in [1.29, 1.82) is 0 Å². The van der Waals surface area contributed by atoms with Gasteiger partial charge in [-0.3, -0.25) is 4.79 Å². The van der Waals surface area contributed by atoms with E-state index in [1.165, 1.54) is 0 Å². The molecule has 2 bridgehead atoms. The Hall–Kier alpha value is -1.36. The summed E-state index contributed by atoms with van der Waals surface area (Å²) in [4.78, 5) is 21.3. The number of nitrogens with one attached hydrogen (secondary N) is 1. The third-order valence-corrected chi connectivity index (χ3v) is 4.81. The number of amides is 1. The van der Waals surface area contributed by atoms with Gasteiger partial charge in [0.25, 0.3) is 5.91 Å². The van der Waals surface area contributed by atoms with Gasteiger partial charge in [-0.05, 0) is 25.7 Å². The lowest BCUT2D eigenvalue weighted by Gasteiger charge is -2.34. The molecule has 2 N–H and O–H groups in total. The Morgan fingerprint density at radius 2 is 2.50 bits per heavy atom. The average molecular weight is 249 g/mol. The molecule has 2 saturated heterocycles. The Kier molecular flexibility index (Phi) is 2.66. The average Bonchev–Trinajstić information content (AvgIpc) is 3.12. The molecule has 0 saturated carbocycles. The molecule has 3 rings (SSSR count). The summed E-state index contributed by atoms with van der Waals surface area (Å²) in [6, 6.07) is 0.454. The number of carbonyl (C=O) groups excluding carboxylic acids is 1. The lowest BCUT2D eigenvalue weighted by atomic mass is 9.72. The number of nitrogens with zero attached hydrogens (tertiary/aromatic N) is 2. The molecule has 98 valence electrons. The second-order valence-electron chi connectivity index (χ2n) is 5.48. The van der Waals surface area contributed by atoms with Crippen LogP contribution in [0.15, 0.2) is 12.4 Å². The maximum absolute atomic E-state index is 12.4. The van der Waals surface area contributed by atoms with Crippen molar-refractivity contribution in [1.82, 2.24) is 14.9 Å². The molecule has 2 aliphatic rings. The van der Waals surface area contributed by atoms with Crippen molar-refractivity contribution in [2.75, 3.05) is 6.61 Å². The first kappa shape index (κ1) is 11.7. The fourth-order valence-electron chi connectivity index (χ4n) is 3.76. The number of fused-ring (bicyclic) bond motifs is 2. The van der Waals surface area contributed by atoms with Crippen LogP contribution in [-0.2, 0) is 0 Å². The fourth-order valence-corrected chi connectivity index (χ4v) is 3.76. The number of imidazole rings is 1. The molecule has 3 atom stereocenters. The molecular formula is C13H19N3O2. The summed E-state index contributed by atoms with van der Waals surface area (Å²) >= 11 is 0. The lowest BCUT2D eigenvalue weighted by Crippen LogP contribution is -2.42. The van der Waals surface area contributed by atoms with Crippen LogP contribution in [0.1, 0.15) is 43.2 Å². The second kappa shape index (κ2) is 4.09. The van der Waals surface area contributed by atoms with E-state index in [1.807, 2.05) is 4.90 Å². The molecule has 5 heteroatoms. The van der Waals surface area contributed by atoms with Gasteiger partial charge in [0.15, 0.2) is 5.82 Å². The van der Waals surface area contributed by atoms with E-state index in [2.05, 4.69) is 16.9 Å². The maximum Gasteiger partial charge on any atom is 0.290 e. The van der Waals surface area contributed by atoms with E-state index in [4.69, 9.17) is 0 Å². The fraction of sp³-hybridized carbons (Fsp3) is 0.692. The molecule has 5 nitrogen and oxygen atoms in total. The molecule has 18 heavy (non-hydrogen) atoms. The molecule has 1 aromatic heterocycles. The molecule has 3 heterocycles. The smallest absolute Gasteiger partial charge is 0.290 e. The highest BCUT2D eigenvalue weighted by Crippen LogP contribution is 2.51. The van der Waals surface area contributed by atoms with Crippen LogP contribution < -0.4 is 0 Å². The minimum absolute atomic E-state index is 0.0173. The quantitative estimate of drug-likeness (QED) is 0.845. The summed E-state index contributed by atoms with van der Waals surface area (Å²) in [5.74, 6) is 0.396. The predicted molar refractivity (Wildman–Crippen MR) is 66.0 cm³/mol. The SMILES string of the molecule is CC[C@]1(CO)C[C@H]2CC[C@@H]1N2C(=O)c1ncc[nH]1. The highest BCUT2D eigenvalue weighted by atomic mass is 16.3. The van der Waals surface area contributed by atoms with Crippen molar-refractivity contribution < 1.29 is 9.90 Å². The van der Waals surface area contributed by atoms with E-state index < -0.39 is 0 Å². The van der Waals surface area contributed by atoms with Gasteiger partial charge >= 0.3 is 0 Å². The molecule has 0 spiro atoms. The van der Waals surface area contributed by atoms with Gasteiger partial charge in [-0.15, -0.1) is 0 Å². The van der Waals surface area contributed by atoms with Gasteiger partial charge < -0.3 is 15.0 Å². The Labute approximate surface area is 106 Å². The number of H-pyrrole nitrogens is 1. The summed E-state index contributed by atoms with van der Waals surface area (Å²) in [6.45, 7) is 2.28. The largest absolute Gasteiger partial charge is 0.396 e. The van der Waals surface area contributed by atoms with Crippen LogP contribution in [0.5, 0.6) is 0 Å². The van der Waals surface area contributed by atoms with Crippen LogP contribution in [0.25, 0.3) is 0 Å². The molecular weight excluding hydrogens is 230 g/mol. The van der Waals surface area contributed by atoms with Crippen LogP contribution in [0.3, 0.4) is 0 Å². The zero-order chi connectivity index (χ0) is 12.8.